The molecule has 1 aliphatic carbocycles. The second-order valence-electron chi connectivity index (χ2n) is 5.92. The van der Waals surface area contributed by atoms with Crippen molar-refractivity contribution in [3.63, 3.8) is 0 Å². The molecular formula is C17H21N3O3S. The fraction of sp³-hybridized carbons (Fsp3) is 0.529. The first-order valence-electron chi connectivity index (χ1n) is 8.21. The van der Waals surface area contributed by atoms with Crippen LogP contribution in [0.4, 0.5) is 0 Å². The molecule has 2 heterocycles. The summed E-state index contributed by atoms with van der Waals surface area (Å²) in [5.74, 6) is -0.579. The number of hydrogen-bond donors (Lipinski definition) is 0. The molecule has 2 aromatic rings. The molecule has 24 heavy (non-hydrogen) atoms. The van der Waals surface area contributed by atoms with E-state index in [9.17, 15) is 9.59 Å². The highest BCUT2D eigenvalue weighted by Crippen LogP contribution is 2.31. The molecule has 0 aliphatic heterocycles. The number of aryl methyl sites for hydroxylation is 1. The Kier molecular flexibility index (Phi) is 4.89. The van der Waals surface area contributed by atoms with E-state index in [2.05, 4.69) is 9.97 Å². The number of nitrogens with zero attached hydrogens (tertiary/aromatic N) is 3. The third-order valence-electron chi connectivity index (χ3n) is 4.43. The van der Waals surface area contributed by atoms with E-state index in [1.165, 1.54) is 11.8 Å². The number of carbonyl (C=O) groups is 1. The van der Waals surface area contributed by atoms with Crippen molar-refractivity contribution in [3.8, 4) is 0 Å². The fourth-order valence-corrected chi connectivity index (χ4v) is 3.68. The molecule has 0 spiro atoms. The summed E-state index contributed by atoms with van der Waals surface area (Å²) in [6.45, 7) is 3.84. The van der Waals surface area contributed by atoms with Crippen molar-refractivity contribution in [2.45, 2.75) is 50.7 Å². The number of aromatic nitrogens is 3. The molecule has 0 bridgehead atoms. The van der Waals surface area contributed by atoms with Crippen LogP contribution in [-0.4, -0.2) is 33.4 Å². The van der Waals surface area contributed by atoms with Crippen LogP contribution in [0.3, 0.4) is 0 Å². The van der Waals surface area contributed by atoms with Gasteiger partial charge in [-0.25, -0.2) is 14.8 Å². The standard InChI is InChI=1S/C17H21N3O3S/c1-4-23-16(22)13-9-12-10(2)18-17(24-3)19-14(12)20(15(13)21)11-7-5-6-8-11/h9,11H,4-8H2,1-3H3. The molecule has 0 atom stereocenters. The molecule has 7 heteroatoms. The van der Waals surface area contributed by atoms with E-state index in [0.29, 0.717) is 10.8 Å². The Morgan fingerprint density at radius 3 is 2.71 bits per heavy atom. The van der Waals surface area contributed by atoms with Crippen molar-refractivity contribution in [2.75, 3.05) is 12.9 Å². The first-order chi connectivity index (χ1) is 11.6. The van der Waals surface area contributed by atoms with E-state index >= 15 is 0 Å². The van der Waals surface area contributed by atoms with Gasteiger partial charge in [0.05, 0.1) is 12.3 Å². The molecule has 1 saturated carbocycles. The van der Waals surface area contributed by atoms with Crippen LogP contribution in [0.1, 0.15) is 54.7 Å². The maximum absolute atomic E-state index is 13.0. The van der Waals surface area contributed by atoms with Crippen LogP contribution in [0, 0.1) is 6.92 Å². The summed E-state index contributed by atoms with van der Waals surface area (Å²) in [6.07, 6.45) is 5.94. The summed E-state index contributed by atoms with van der Waals surface area (Å²) in [4.78, 5) is 34.2. The van der Waals surface area contributed by atoms with Gasteiger partial charge in [-0.2, -0.15) is 0 Å². The van der Waals surface area contributed by atoms with E-state index in [4.69, 9.17) is 4.74 Å². The van der Waals surface area contributed by atoms with Gasteiger partial charge in [0.1, 0.15) is 11.2 Å². The molecule has 0 unspecified atom stereocenters. The van der Waals surface area contributed by atoms with Crippen molar-refractivity contribution in [3.05, 3.63) is 27.7 Å². The zero-order chi connectivity index (χ0) is 17.3. The maximum Gasteiger partial charge on any atom is 0.343 e. The van der Waals surface area contributed by atoms with Gasteiger partial charge >= 0.3 is 5.97 Å². The average Bonchev–Trinajstić information content (AvgIpc) is 3.08. The summed E-state index contributed by atoms with van der Waals surface area (Å²) < 4.78 is 6.76. The lowest BCUT2D eigenvalue weighted by molar-refractivity contribution is 0.0523. The molecule has 1 aliphatic rings. The summed E-state index contributed by atoms with van der Waals surface area (Å²) in [7, 11) is 0. The van der Waals surface area contributed by atoms with Crippen molar-refractivity contribution in [1.82, 2.24) is 14.5 Å². The van der Waals surface area contributed by atoms with Gasteiger partial charge in [-0.1, -0.05) is 24.6 Å². The van der Waals surface area contributed by atoms with Crippen molar-refractivity contribution >= 4 is 28.8 Å². The first kappa shape index (κ1) is 17.0. The molecule has 0 saturated heterocycles. The van der Waals surface area contributed by atoms with Crippen LogP contribution in [0.15, 0.2) is 16.0 Å². The lowest BCUT2D eigenvalue weighted by Crippen LogP contribution is -2.30. The van der Waals surface area contributed by atoms with Crippen LogP contribution in [0.2, 0.25) is 0 Å². The Bertz CT molecular complexity index is 841. The van der Waals surface area contributed by atoms with Crippen molar-refractivity contribution in [1.29, 1.82) is 0 Å². The highest BCUT2D eigenvalue weighted by molar-refractivity contribution is 7.98. The third kappa shape index (κ3) is 2.92. The summed E-state index contributed by atoms with van der Waals surface area (Å²) in [6, 6.07) is 1.67. The zero-order valence-electron chi connectivity index (χ0n) is 14.2. The fourth-order valence-electron chi connectivity index (χ4n) is 3.27. The zero-order valence-corrected chi connectivity index (χ0v) is 15.0. The minimum atomic E-state index is -0.579. The van der Waals surface area contributed by atoms with E-state index in [1.54, 1.807) is 17.6 Å². The number of ether oxygens (including phenoxy) is 1. The van der Waals surface area contributed by atoms with Gasteiger partial charge in [-0.3, -0.25) is 9.36 Å². The van der Waals surface area contributed by atoms with Gasteiger partial charge in [0.15, 0.2) is 5.16 Å². The SMILES string of the molecule is CCOC(=O)c1cc2c(C)nc(SC)nc2n(C2CCCC2)c1=O. The number of esters is 1. The molecule has 0 radical (unpaired) electrons. The molecule has 128 valence electrons. The van der Waals surface area contributed by atoms with E-state index in [0.717, 1.165) is 36.8 Å². The lowest BCUT2D eigenvalue weighted by Gasteiger charge is -2.18. The topological polar surface area (TPSA) is 74.1 Å². The number of pyridine rings is 1. The van der Waals surface area contributed by atoms with Gasteiger partial charge in [0, 0.05) is 11.4 Å². The number of thioether (sulfide) groups is 1. The monoisotopic (exact) mass is 347 g/mol. The minimum Gasteiger partial charge on any atom is -0.462 e. The molecule has 0 N–H and O–H groups in total. The Morgan fingerprint density at radius 2 is 2.08 bits per heavy atom. The van der Waals surface area contributed by atoms with E-state index < -0.39 is 5.97 Å². The molecule has 0 amide bonds. The predicted octanol–water partition coefficient (Wildman–Crippen LogP) is 3.11. The normalized spacial score (nSPS) is 15.1. The van der Waals surface area contributed by atoms with Crippen LogP contribution in [0.5, 0.6) is 0 Å². The highest BCUT2D eigenvalue weighted by atomic mass is 32.2. The largest absolute Gasteiger partial charge is 0.462 e. The van der Waals surface area contributed by atoms with Crippen molar-refractivity contribution < 1.29 is 9.53 Å². The van der Waals surface area contributed by atoms with E-state index in [1.807, 2.05) is 13.2 Å². The molecule has 1 fully saturated rings. The minimum absolute atomic E-state index is 0.0693. The van der Waals surface area contributed by atoms with E-state index in [-0.39, 0.29) is 23.8 Å². The third-order valence-corrected chi connectivity index (χ3v) is 4.98. The Morgan fingerprint density at radius 1 is 1.38 bits per heavy atom. The molecule has 3 rings (SSSR count). The van der Waals surface area contributed by atoms with Crippen LogP contribution in [0.25, 0.3) is 11.0 Å². The molecule has 6 nitrogen and oxygen atoms in total. The maximum atomic E-state index is 13.0. The highest BCUT2D eigenvalue weighted by Gasteiger charge is 2.25. The van der Waals surface area contributed by atoms with Crippen LogP contribution >= 0.6 is 11.8 Å². The second kappa shape index (κ2) is 6.93. The Labute approximate surface area is 144 Å². The number of fused-ring (bicyclic) bond motifs is 1. The van der Waals surface area contributed by atoms with Gasteiger partial charge in [0.25, 0.3) is 5.56 Å². The number of carbonyl (C=O) groups excluding carboxylic acids is 1. The van der Waals surface area contributed by atoms with Gasteiger partial charge in [-0.05, 0) is 39.0 Å². The molecule has 2 aromatic heterocycles. The van der Waals surface area contributed by atoms with Gasteiger partial charge < -0.3 is 4.74 Å². The molecular weight excluding hydrogens is 326 g/mol. The van der Waals surface area contributed by atoms with Crippen molar-refractivity contribution in [2.24, 2.45) is 0 Å². The van der Waals surface area contributed by atoms with Crippen LogP contribution in [-0.2, 0) is 4.74 Å². The predicted molar refractivity (Wildman–Crippen MR) is 93.8 cm³/mol. The lowest BCUT2D eigenvalue weighted by atomic mass is 10.1. The molecule has 0 aromatic carbocycles. The second-order valence-corrected chi connectivity index (χ2v) is 6.70. The number of rotatable bonds is 4. The van der Waals surface area contributed by atoms with Gasteiger partial charge in [0.2, 0.25) is 0 Å². The smallest absolute Gasteiger partial charge is 0.343 e. The summed E-state index contributed by atoms with van der Waals surface area (Å²) in [5.41, 5.74) is 1.15. The van der Waals surface area contributed by atoms with Crippen LogP contribution < -0.4 is 5.56 Å². The first-order valence-corrected chi connectivity index (χ1v) is 9.44. The van der Waals surface area contributed by atoms with Gasteiger partial charge in [-0.15, -0.1) is 0 Å². The Hall–Kier alpha value is -1.89. The number of hydrogen-bond acceptors (Lipinski definition) is 6. The summed E-state index contributed by atoms with van der Waals surface area (Å²) >= 11 is 1.44. The average molecular weight is 347 g/mol. The summed E-state index contributed by atoms with van der Waals surface area (Å²) in [5, 5.41) is 1.37. The quantitative estimate of drug-likeness (QED) is 0.481. The Balaban J connectivity index is 2.33.